The Morgan fingerprint density at radius 2 is 2.20 bits per heavy atom. The molecule has 1 aliphatic carbocycles. The minimum Gasteiger partial charge on any atom is -0.493 e. The third-order valence-electron chi connectivity index (χ3n) is 2.72. The highest BCUT2D eigenvalue weighted by Crippen LogP contribution is 2.29. The average molecular weight is 206 g/mol. The monoisotopic (exact) mass is 206 g/mol. The number of hydrogen-bond acceptors (Lipinski definition) is 3. The summed E-state index contributed by atoms with van der Waals surface area (Å²) in [6.07, 6.45) is 2.62. The second-order valence-electron chi connectivity index (χ2n) is 4.17. The number of ether oxygens (including phenoxy) is 1. The average Bonchev–Trinajstić information content (AvgIpc) is 3.09. The molecule has 2 rings (SSSR count). The topological polar surface area (TPSA) is 61.3 Å². The predicted molar refractivity (Wildman–Crippen MR) is 60.6 cm³/mol. The van der Waals surface area contributed by atoms with Gasteiger partial charge in [0.25, 0.3) is 0 Å². The molecule has 4 N–H and O–H groups in total. The maximum Gasteiger partial charge on any atom is 0.119 e. The zero-order valence-corrected chi connectivity index (χ0v) is 8.86. The van der Waals surface area contributed by atoms with E-state index in [2.05, 4.69) is 0 Å². The van der Waals surface area contributed by atoms with Crippen LogP contribution in [0.25, 0.3) is 0 Å². The molecule has 0 spiro atoms. The van der Waals surface area contributed by atoms with Gasteiger partial charge in [0.1, 0.15) is 5.75 Å². The lowest BCUT2D eigenvalue weighted by molar-refractivity contribution is 0.299. The molecule has 0 radical (unpaired) electrons. The van der Waals surface area contributed by atoms with Gasteiger partial charge in [-0.3, -0.25) is 0 Å². The summed E-state index contributed by atoms with van der Waals surface area (Å²) in [7, 11) is 0. The van der Waals surface area contributed by atoms with Gasteiger partial charge in [-0.1, -0.05) is 12.1 Å². The van der Waals surface area contributed by atoms with Crippen molar-refractivity contribution in [1.29, 1.82) is 0 Å². The Balaban J connectivity index is 1.97. The van der Waals surface area contributed by atoms with Gasteiger partial charge >= 0.3 is 0 Å². The molecule has 0 amide bonds. The first-order chi connectivity index (χ1) is 7.29. The van der Waals surface area contributed by atoms with Gasteiger partial charge in [0.05, 0.1) is 6.61 Å². The summed E-state index contributed by atoms with van der Waals surface area (Å²) in [5.41, 5.74) is 12.4. The molecule has 1 aromatic rings. The molecule has 0 bridgehead atoms. The Morgan fingerprint density at radius 3 is 2.87 bits per heavy atom. The zero-order valence-electron chi connectivity index (χ0n) is 8.86. The van der Waals surface area contributed by atoms with E-state index in [9.17, 15) is 0 Å². The summed E-state index contributed by atoms with van der Waals surface area (Å²) in [5.74, 6) is 1.68. The second kappa shape index (κ2) is 4.64. The first-order valence-electron chi connectivity index (χ1n) is 5.48. The summed E-state index contributed by atoms with van der Waals surface area (Å²) in [5, 5.41) is 0. The van der Waals surface area contributed by atoms with Crippen LogP contribution in [0.1, 0.15) is 24.4 Å². The molecule has 82 valence electrons. The molecule has 0 aromatic heterocycles. The van der Waals surface area contributed by atoms with Gasteiger partial charge in [0, 0.05) is 12.6 Å². The Labute approximate surface area is 90.4 Å². The third-order valence-corrected chi connectivity index (χ3v) is 2.72. The summed E-state index contributed by atoms with van der Waals surface area (Å²) in [6.45, 7) is 1.30. The molecule has 1 unspecified atom stereocenters. The lowest BCUT2D eigenvalue weighted by Crippen LogP contribution is -2.20. The van der Waals surface area contributed by atoms with E-state index in [1.807, 2.05) is 24.3 Å². The van der Waals surface area contributed by atoms with Crippen molar-refractivity contribution in [1.82, 2.24) is 0 Å². The molecule has 0 aliphatic heterocycles. The minimum atomic E-state index is -0.0884. The molecule has 1 aliphatic rings. The van der Waals surface area contributed by atoms with Gasteiger partial charge < -0.3 is 16.2 Å². The Kier molecular flexibility index (Phi) is 3.23. The van der Waals surface area contributed by atoms with Crippen LogP contribution < -0.4 is 16.2 Å². The van der Waals surface area contributed by atoms with E-state index in [4.69, 9.17) is 16.2 Å². The van der Waals surface area contributed by atoms with Crippen LogP contribution in [0.15, 0.2) is 24.3 Å². The molecule has 0 saturated heterocycles. The van der Waals surface area contributed by atoms with Crippen LogP contribution in [0.2, 0.25) is 0 Å². The molecule has 1 saturated carbocycles. The number of hydrogen-bond donors (Lipinski definition) is 2. The maximum absolute atomic E-state index is 5.85. The van der Waals surface area contributed by atoms with Crippen molar-refractivity contribution in [3.05, 3.63) is 29.8 Å². The Bertz CT molecular complexity index is 323. The molecule has 1 fully saturated rings. The first kappa shape index (κ1) is 10.5. The van der Waals surface area contributed by atoms with Crippen molar-refractivity contribution in [2.75, 3.05) is 13.2 Å². The fourth-order valence-corrected chi connectivity index (χ4v) is 1.47. The Morgan fingerprint density at radius 1 is 1.40 bits per heavy atom. The highest BCUT2D eigenvalue weighted by atomic mass is 16.5. The SMILES string of the molecule is NCC(N)c1cccc(OCC2CC2)c1. The van der Waals surface area contributed by atoms with Crippen LogP contribution in [-0.2, 0) is 0 Å². The number of rotatable bonds is 5. The summed E-state index contributed by atoms with van der Waals surface area (Å²) in [4.78, 5) is 0. The van der Waals surface area contributed by atoms with E-state index in [0.717, 1.165) is 23.8 Å². The van der Waals surface area contributed by atoms with Crippen LogP contribution in [0, 0.1) is 5.92 Å². The first-order valence-corrected chi connectivity index (χ1v) is 5.48. The van der Waals surface area contributed by atoms with Crippen molar-refractivity contribution in [2.24, 2.45) is 17.4 Å². The van der Waals surface area contributed by atoms with E-state index in [1.165, 1.54) is 12.8 Å². The molecule has 0 heterocycles. The highest BCUT2D eigenvalue weighted by Gasteiger charge is 2.21. The standard InChI is InChI=1S/C12H18N2O/c13-7-12(14)10-2-1-3-11(6-10)15-8-9-4-5-9/h1-3,6,9,12H,4-5,7-8,13-14H2. The Hall–Kier alpha value is -1.06. The van der Waals surface area contributed by atoms with Gasteiger partial charge in [-0.25, -0.2) is 0 Å². The second-order valence-corrected chi connectivity index (χ2v) is 4.17. The summed E-state index contributed by atoms with van der Waals surface area (Å²) in [6, 6.07) is 7.82. The van der Waals surface area contributed by atoms with Gasteiger partial charge in [-0.15, -0.1) is 0 Å². The molecule has 3 heteroatoms. The normalized spacial score (nSPS) is 17.5. The molecular weight excluding hydrogens is 188 g/mol. The van der Waals surface area contributed by atoms with Crippen LogP contribution in [0.3, 0.4) is 0 Å². The van der Waals surface area contributed by atoms with Crippen molar-refractivity contribution in [2.45, 2.75) is 18.9 Å². The molecule has 1 aromatic carbocycles. The van der Waals surface area contributed by atoms with E-state index >= 15 is 0 Å². The zero-order chi connectivity index (χ0) is 10.7. The fourth-order valence-electron chi connectivity index (χ4n) is 1.47. The van der Waals surface area contributed by atoms with Crippen LogP contribution in [-0.4, -0.2) is 13.2 Å². The molecule has 15 heavy (non-hydrogen) atoms. The largest absolute Gasteiger partial charge is 0.493 e. The van der Waals surface area contributed by atoms with Crippen molar-refractivity contribution < 1.29 is 4.74 Å². The van der Waals surface area contributed by atoms with Gasteiger partial charge in [0.15, 0.2) is 0 Å². The quantitative estimate of drug-likeness (QED) is 0.766. The lowest BCUT2D eigenvalue weighted by Gasteiger charge is -2.11. The van der Waals surface area contributed by atoms with Crippen LogP contribution in [0.5, 0.6) is 5.75 Å². The molecule has 1 atom stereocenters. The van der Waals surface area contributed by atoms with Crippen molar-refractivity contribution in [3.63, 3.8) is 0 Å². The third kappa shape index (κ3) is 2.94. The highest BCUT2D eigenvalue weighted by molar-refractivity contribution is 5.30. The van der Waals surface area contributed by atoms with Crippen molar-refractivity contribution >= 4 is 0 Å². The molecule has 3 nitrogen and oxygen atoms in total. The van der Waals surface area contributed by atoms with Crippen LogP contribution in [0.4, 0.5) is 0 Å². The summed E-state index contributed by atoms with van der Waals surface area (Å²) < 4.78 is 5.67. The van der Waals surface area contributed by atoms with E-state index in [-0.39, 0.29) is 6.04 Å². The summed E-state index contributed by atoms with van der Waals surface area (Å²) >= 11 is 0. The van der Waals surface area contributed by atoms with Gasteiger partial charge in [0.2, 0.25) is 0 Å². The number of nitrogens with two attached hydrogens (primary N) is 2. The molecular formula is C12H18N2O. The van der Waals surface area contributed by atoms with Gasteiger partial charge in [-0.05, 0) is 36.5 Å². The number of benzene rings is 1. The predicted octanol–water partition coefficient (Wildman–Crippen LogP) is 1.43. The minimum absolute atomic E-state index is 0.0884. The van der Waals surface area contributed by atoms with E-state index < -0.39 is 0 Å². The maximum atomic E-state index is 5.85. The van der Waals surface area contributed by atoms with Crippen molar-refractivity contribution in [3.8, 4) is 5.75 Å². The van der Waals surface area contributed by atoms with Gasteiger partial charge in [-0.2, -0.15) is 0 Å². The lowest BCUT2D eigenvalue weighted by atomic mass is 10.1. The van der Waals surface area contributed by atoms with Crippen LogP contribution >= 0.6 is 0 Å². The van der Waals surface area contributed by atoms with E-state index in [0.29, 0.717) is 6.54 Å². The fraction of sp³-hybridized carbons (Fsp3) is 0.500. The van der Waals surface area contributed by atoms with E-state index in [1.54, 1.807) is 0 Å². The smallest absolute Gasteiger partial charge is 0.119 e.